The lowest BCUT2D eigenvalue weighted by atomic mass is 10.1. The molecular weight excluding hydrogens is 472 g/mol. The van der Waals surface area contributed by atoms with Gasteiger partial charge >= 0.3 is 0 Å². The zero-order valence-electron chi connectivity index (χ0n) is 20.1. The molecule has 0 bridgehead atoms. The third-order valence-corrected chi connectivity index (χ3v) is 7.82. The van der Waals surface area contributed by atoms with E-state index in [2.05, 4.69) is 10.2 Å². The maximum atomic E-state index is 13.3. The molecule has 0 unspecified atom stereocenters. The number of anilines is 1. The SMILES string of the molecule is COc1ccc(S(=O)(=O)N2CCN(c3ccc(-c4cc(OC)ccc4OC)nn3)CC2)c(OC)c1. The molecule has 1 aromatic heterocycles. The summed E-state index contributed by atoms with van der Waals surface area (Å²) >= 11 is 0. The molecule has 35 heavy (non-hydrogen) atoms. The Balaban J connectivity index is 1.48. The highest BCUT2D eigenvalue weighted by Gasteiger charge is 2.31. The standard InChI is InChI=1S/C24H28N4O6S/c1-31-17-5-8-21(33-3)19(15-17)20-7-10-24(26-25-20)27-11-13-28(14-12-27)35(29,30)23-9-6-18(32-2)16-22(23)34-4/h5-10,15-16H,11-14H2,1-4H3. The quantitative estimate of drug-likeness (QED) is 0.462. The van der Waals surface area contributed by atoms with E-state index in [0.717, 1.165) is 5.56 Å². The average Bonchev–Trinajstić information content (AvgIpc) is 2.92. The molecule has 0 aliphatic carbocycles. The number of ether oxygens (including phenoxy) is 4. The van der Waals surface area contributed by atoms with Crippen LogP contribution in [-0.4, -0.2) is 77.5 Å². The molecular formula is C24H28N4O6S. The Kier molecular flexibility index (Phi) is 7.27. The summed E-state index contributed by atoms with van der Waals surface area (Å²) in [4.78, 5) is 2.13. The Bertz CT molecular complexity index is 1280. The largest absolute Gasteiger partial charge is 0.497 e. The van der Waals surface area contributed by atoms with E-state index in [9.17, 15) is 8.42 Å². The maximum Gasteiger partial charge on any atom is 0.246 e. The minimum absolute atomic E-state index is 0.116. The van der Waals surface area contributed by atoms with Crippen molar-refractivity contribution in [2.45, 2.75) is 4.90 Å². The smallest absolute Gasteiger partial charge is 0.246 e. The molecule has 1 aliphatic rings. The fraction of sp³-hybridized carbons (Fsp3) is 0.333. The molecule has 3 aromatic rings. The van der Waals surface area contributed by atoms with E-state index in [-0.39, 0.29) is 10.6 Å². The lowest BCUT2D eigenvalue weighted by molar-refractivity contribution is 0.369. The average molecular weight is 501 g/mol. The molecule has 2 heterocycles. The molecule has 0 amide bonds. The van der Waals surface area contributed by atoms with Crippen LogP contribution in [0.15, 0.2) is 53.4 Å². The van der Waals surface area contributed by atoms with Gasteiger partial charge < -0.3 is 23.8 Å². The van der Waals surface area contributed by atoms with Crippen molar-refractivity contribution < 1.29 is 27.4 Å². The van der Waals surface area contributed by atoms with Crippen molar-refractivity contribution in [1.82, 2.24) is 14.5 Å². The Morgan fingerprint density at radius 3 is 1.97 bits per heavy atom. The van der Waals surface area contributed by atoms with E-state index in [1.165, 1.54) is 24.6 Å². The Hall–Kier alpha value is -3.57. The number of methoxy groups -OCH3 is 4. The monoisotopic (exact) mass is 500 g/mol. The van der Waals surface area contributed by atoms with Crippen molar-refractivity contribution in [2.75, 3.05) is 59.5 Å². The highest BCUT2D eigenvalue weighted by molar-refractivity contribution is 7.89. The number of aromatic nitrogens is 2. The molecule has 0 spiro atoms. The first-order valence-corrected chi connectivity index (χ1v) is 12.4. The van der Waals surface area contributed by atoms with E-state index >= 15 is 0 Å². The number of sulfonamides is 1. The van der Waals surface area contributed by atoms with Gasteiger partial charge in [0.2, 0.25) is 10.0 Å². The van der Waals surface area contributed by atoms with Crippen molar-refractivity contribution in [3.8, 4) is 34.3 Å². The molecule has 0 radical (unpaired) electrons. The van der Waals surface area contributed by atoms with E-state index < -0.39 is 10.0 Å². The Labute approximate surface area is 205 Å². The van der Waals surface area contributed by atoms with Crippen molar-refractivity contribution in [3.05, 3.63) is 48.5 Å². The Morgan fingerprint density at radius 1 is 0.714 bits per heavy atom. The first kappa shape index (κ1) is 24.6. The topological polar surface area (TPSA) is 103 Å². The lowest BCUT2D eigenvalue weighted by Crippen LogP contribution is -2.49. The number of nitrogens with zero attached hydrogens (tertiary/aromatic N) is 4. The molecule has 4 rings (SSSR count). The zero-order valence-corrected chi connectivity index (χ0v) is 20.9. The van der Waals surface area contributed by atoms with Crippen LogP contribution >= 0.6 is 0 Å². The molecule has 186 valence electrons. The number of hydrogen-bond donors (Lipinski definition) is 0. The van der Waals surface area contributed by atoms with Crippen LogP contribution in [0.5, 0.6) is 23.0 Å². The van der Waals surface area contributed by atoms with Crippen LogP contribution in [0.25, 0.3) is 11.3 Å². The van der Waals surface area contributed by atoms with Gasteiger partial charge in [0.1, 0.15) is 27.9 Å². The fourth-order valence-electron chi connectivity index (χ4n) is 3.94. The van der Waals surface area contributed by atoms with Crippen molar-refractivity contribution in [1.29, 1.82) is 0 Å². The van der Waals surface area contributed by atoms with Gasteiger partial charge in [-0.1, -0.05) is 0 Å². The second-order valence-corrected chi connectivity index (χ2v) is 9.66. The van der Waals surface area contributed by atoms with Gasteiger partial charge in [-0.05, 0) is 42.5 Å². The van der Waals surface area contributed by atoms with Gasteiger partial charge in [0.15, 0.2) is 5.82 Å². The summed E-state index contributed by atoms with van der Waals surface area (Å²) in [5, 5.41) is 8.75. The fourth-order valence-corrected chi connectivity index (χ4v) is 5.50. The summed E-state index contributed by atoms with van der Waals surface area (Å²) in [5.41, 5.74) is 1.42. The molecule has 2 aromatic carbocycles. The highest BCUT2D eigenvalue weighted by atomic mass is 32.2. The normalized spacial score (nSPS) is 14.5. The van der Waals surface area contributed by atoms with Crippen LogP contribution < -0.4 is 23.8 Å². The van der Waals surface area contributed by atoms with Crippen LogP contribution in [0.4, 0.5) is 5.82 Å². The van der Waals surface area contributed by atoms with Crippen LogP contribution in [0.2, 0.25) is 0 Å². The Morgan fingerprint density at radius 2 is 1.37 bits per heavy atom. The molecule has 1 saturated heterocycles. The zero-order chi connectivity index (χ0) is 25.0. The van der Waals surface area contributed by atoms with Gasteiger partial charge in [-0.2, -0.15) is 4.31 Å². The van der Waals surface area contributed by atoms with Crippen LogP contribution in [0.1, 0.15) is 0 Å². The predicted molar refractivity (Wildman–Crippen MR) is 131 cm³/mol. The van der Waals surface area contributed by atoms with Gasteiger partial charge in [-0.15, -0.1) is 10.2 Å². The van der Waals surface area contributed by atoms with Crippen LogP contribution in [0.3, 0.4) is 0 Å². The van der Waals surface area contributed by atoms with Gasteiger partial charge in [0.25, 0.3) is 0 Å². The van der Waals surface area contributed by atoms with Crippen LogP contribution in [0, 0.1) is 0 Å². The number of rotatable bonds is 8. The molecule has 0 N–H and O–H groups in total. The van der Waals surface area contributed by atoms with E-state index in [1.807, 2.05) is 35.2 Å². The summed E-state index contributed by atoms with van der Waals surface area (Å²) < 4.78 is 49.2. The minimum Gasteiger partial charge on any atom is -0.497 e. The van der Waals surface area contributed by atoms with E-state index in [4.69, 9.17) is 18.9 Å². The molecule has 1 fully saturated rings. The van der Waals surface area contributed by atoms with Gasteiger partial charge in [-0.3, -0.25) is 0 Å². The summed E-state index contributed by atoms with van der Waals surface area (Å²) in [7, 11) is 2.43. The highest BCUT2D eigenvalue weighted by Crippen LogP contribution is 2.33. The maximum absolute atomic E-state index is 13.3. The van der Waals surface area contributed by atoms with Crippen molar-refractivity contribution in [3.63, 3.8) is 0 Å². The molecule has 0 atom stereocenters. The van der Waals surface area contributed by atoms with Gasteiger partial charge in [0.05, 0.1) is 34.1 Å². The number of benzene rings is 2. The van der Waals surface area contributed by atoms with Gasteiger partial charge in [-0.25, -0.2) is 8.42 Å². The van der Waals surface area contributed by atoms with E-state index in [0.29, 0.717) is 54.9 Å². The lowest BCUT2D eigenvalue weighted by Gasteiger charge is -2.34. The van der Waals surface area contributed by atoms with Crippen molar-refractivity contribution >= 4 is 15.8 Å². The van der Waals surface area contributed by atoms with Crippen LogP contribution in [-0.2, 0) is 10.0 Å². The first-order valence-electron chi connectivity index (χ1n) is 10.9. The first-order chi connectivity index (χ1) is 16.9. The van der Waals surface area contributed by atoms with Crippen molar-refractivity contribution in [2.24, 2.45) is 0 Å². The molecule has 1 aliphatic heterocycles. The third kappa shape index (κ3) is 4.96. The second-order valence-electron chi connectivity index (χ2n) is 7.75. The predicted octanol–water partition coefficient (Wildman–Crippen LogP) is 2.69. The molecule has 10 nitrogen and oxygen atoms in total. The second kappa shape index (κ2) is 10.4. The van der Waals surface area contributed by atoms with E-state index in [1.54, 1.807) is 26.4 Å². The summed E-state index contributed by atoms with van der Waals surface area (Å²) in [6.07, 6.45) is 0. The summed E-state index contributed by atoms with van der Waals surface area (Å²) in [5.74, 6) is 2.81. The molecule has 0 saturated carbocycles. The summed E-state index contributed by atoms with van der Waals surface area (Å²) in [6.45, 7) is 1.58. The number of hydrogen-bond acceptors (Lipinski definition) is 9. The summed E-state index contributed by atoms with van der Waals surface area (Å²) in [6, 6.07) is 13.9. The number of piperazine rings is 1. The van der Waals surface area contributed by atoms with Gasteiger partial charge in [0, 0.05) is 37.8 Å². The molecule has 11 heteroatoms. The third-order valence-electron chi connectivity index (χ3n) is 5.88. The minimum atomic E-state index is -3.73.